The van der Waals surface area contributed by atoms with E-state index in [1.54, 1.807) is 13.2 Å². The van der Waals surface area contributed by atoms with Crippen LogP contribution in [0.25, 0.3) is 0 Å². The number of carbonyl (C=O) groups excluding carboxylic acids is 1. The van der Waals surface area contributed by atoms with Crippen LogP contribution in [0.4, 0.5) is 0 Å². The molecule has 60 valence electrons. The first kappa shape index (κ1) is 7.78. The van der Waals surface area contributed by atoms with Crippen LogP contribution in [0.3, 0.4) is 0 Å². The van der Waals surface area contributed by atoms with E-state index >= 15 is 0 Å². The van der Waals surface area contributed by atoms with E-state index in [0.29, 0.717) is 25.4 Å². The standard InChI is InChI=1S/C7H9NO3/c1-6-8-7(4-11-6)2-3-10-5-9/h4-5H,2-3H2,1H3. The van der Waals surface area contributed by atoms with Crippen molar-refractivity contribution in [2.24, 2.45) is 0 Å². The lowest BCUT2D eigenvalue weighted by Crippen LogP contribution is -1.96. The number of rotatable bonds is 4. The fourth-order valence-corrected chi connectivity index (χ4v) is 0.735. The predicted octanol–water partition coefficient (Wildman–Crippen LogP) is 0.699. The zero-order chi connectivity index (χ0) is 8.10. The van der Waals surface area contributed by atoms with Crippen molar-refractivity contribution in [3.63, 3.8) is 0 Å². The van der Waals surface area contributed by atoms with Gasteiger partial charge in [0.25, 0.3) is 6.47 Å². The Morgan fingerprint density at radius 3 is 3.18 bits per heavy atom. The van der Waals surface area contributed by atoms with Crippen molar-refractivity contribution >= 4 is 6.47 Å². The summed E-state index contributed by atoms with van der Waals surface area (Å²) in [4.78, 5) is 13.8. The van der Waals surface area contributed by atoms with Gasteiger partial charge in [-0.1, -0.05) is 0 Å². The van der Waals surface area contributed by atoms with Gasteiger partial charge in [0.15, 0.2) is 5.89 Å². The van der Waals surface area contributed by atoms with E-state index in [-0.39, 0.29) is 0 Å². The second kappa shape index (κ2) is 3.75. The lowest BCUT2D eigenvalue weighted by molar-refractivity contribution is -0.128. The predicted molar refractivity (Wildman–Crippen MR) is 37.0 cm³/mol. The number of aryl methyl sites for hydroxylation is 1. The van der Waals surface area contributed by atoms with E-state index in [1.165, 1.54) is 0 Å². The second-order valence-electron chi connectivity index (χ2n) is 2.07. The largest absolute Gasteiger partial charge is 0.467 e. The molecular weight excluding hydrogens is 146 g/mol. The number of aromatic nitrogens is 1. The third kappa shape index (κ3) is 2.41. The summed E-state index contributed by atoms with van der Waals surface area (Å²) >= 11 is 0. The molecule has 4 heteroatoms. The van der Waals surface area contributed by atoms with Crippen molar-refractivity contribution in [3.8, 4) is 0 Å². The molecule has 1 aromatic heterocycles. The Labute approximate surface area is 64.2 Å². The number of nitrogens with zero attached hydrogens (tertiary/aromatic N) is 1. The van der Waals surface area contributed by atoms with E-state index in [0.717, 1.165) is 5.69 Å². The Balaban J connectivity index is 2.32. The zero-order valence-electron chi connectivity index (χ0n) is 6.24. The first-order chi connectivity index (χ1) is 5.33. The lowest BCUT2D eigenvalue weighted by Gasteiger charge is -1.92. The molecule has 0 aliphatic rings. The highest BCUT2D eigenvalue weighted by Crippen LogP contribution is 2.00. The van der Waals surface area contributed by atoms with Crippen LogP contribution in [0.15, 0.2) is 10.7 Å². The van der Waals surface area contributed by atoms with Gasteiger partial charge in [-0.05, 0) is 0 Å². The maximum absolute atomic E-state index is 9.73. The number of hydrogen-bond donors (Lipinski definition) is 0. The summed E-state index contributed by atoms with van der Waals surface area (Å²) in [5.41, 5.74) is 0.810. The molecule has 0 aliphatic carbocycles. The van der Waals surface area contributed by atoms with Crippen molar-refractivity contribution < 1.29 is 13.9 Å². The molecule has 11 heavy (non-hydrogen) atoms. The highest BCUT2D eigenvalue weighted by Gasteiger charge is 1.98. The van der Waals surface area contributed by atoms with E-state index in [1.807, 2.05) is 0 Å². The second-order valence-corrected chi connectivity index (χ2v) is 2.07. The van der Waals surface area contributed by atoms with Gasteiger partial charge >= 0.3 is 0 Å². The van der Waals surface area contributed by atoms with Crippen molar-refractivity contribution in [3.05, 3.63) is 17.8 Å². The summed E-state index contributed by atoms with van der Waals surface area (Å²) in [6.07, 6.45) is 2.17. The topological polar surface area (TPSA) is 52.3 Å². The van der Waals surface area contributed by atoms with Gasteiger partial charge in [0, 0.05) is 13.3 Å². The van der Waals surface area contributed by atoms with Gasteiger partial charge < -0.3 is 9.15 Å². The van der Waals surface area contributed by atoms with Crippen molar-refractivity contribution in [2.45, 2.75) is 13.3 Å². The molecule has 0 unspecified atom stereocenters. The van der Waals surface area contributed by atoms with Gasteiger partial charge in [-0.15, -0.1) is 0 Å². The molecule has 0 bridgehead atoms. The molecule has 0 amide bonds. The van der Waals surface area contributed by atoms with Crippen LogP contribution < -0.4 is 0 Å². The summed E-state index contributed by atoms with van der Waals surface area (Å²) in [6, 6.07) is 0. The van der Waals surface area contributed by atoms with Crippen LogP contribution in [0.1, 0.15) is 11.6 Å². The van der Waals surface area contributed by atoms with E-state index in [9.17, 15) is 4.79 Å². The minimum Gasteiger partial charge on any atom is -0.467 e. The van der Waals surface area contributed by atoms with Crippen LogP contribution in [-0.4, -0.2) is 18.1 Å². The Bertz CT molecular complexity index is 231. The zero-order valence-corrected chi connectivity index (χ0v) is 6.24. The fourth-order valence-electron chi connectivity index (χ4n) is 0.735. The third-order valence-corrected chi connectivity index (χ3v) is 1.21. The summed E-state index contributed by atoms with van der Waals surface area (Å²) in [5.74, 6) is 0.631. The van der Waals surface area contributed by atoms with Gasteiger partial charge in [-0.2, -0.15) is 0 Å². The maximum Gasteiger partial charge on any atom is 0.293 e. The average molecular weight is 155 g/mol. The molecular formula is C7H9NO3. The molecule has 0 fully saturated rings. The molecule has 0 aliphatic heterocycles. The summed E-state index contributed by atoms with van der Waals surface area (Å²) in [5, 5.41) is 0. The molecule has 0 saturated carbocycles. The molecule has 4 nitrogen and oxygen atoms in total. The molecule has 0 spiro atoms. The molecule has 1 rings (SSSR count). The Morgan fingerprint density at radius 2 is 2.64 bits per heavy atom. The molecule has 1 aromatic rings. The van der Waals surface area contributed by atoms with Crippen LogP contribution in [0.5, 0.6) is 0 Å². The van der Waals surface area contributed by atoms with Crippen molar-refractivity contribution in [1.82, 2.24) is 4.98 Å². The Hall–Kier alpha value is -1.32. The van der Waals surface area contributed by atoms with Crippen LogP contribution in [-0.2, 0) is 16.0 Å². The first-order valence-electron chi connectivity index (χ1n) is 3.29. The lowest BCUT2D eigenvalue weighted by atomic mass is 10.4. The van der Waals surface area contributed by atoms with Crippen LogP contribution >= 0.6 is 0 Å². The third-order valence-electron chi connectivity index (χ3n) is 1.21. The SMILES string of the molecule is Cc1nc(CCOC=O)co1. The van der Waals surface area contributed by atoms with Gasteiger partial charge in [-0.3, -0.25) is 4.79 Å². The van der Waals surface area contributed by atoms with E-state index < -0.39 is 0 Å². The minimum absolute atomic E-state index is 0.357. The van der Waals surface area contributed by atoms with Crippen molar-refractivity contribution in [2.75, 3.05) is 6.61 Å². The minimum atomic E-state index is 0.357. The highest BCUT2D eigenvalue weighted by molar-refractivity contribution is 5.36. The smallest absolute Gasteiger partial charge is 0.293 e. The van der Waals surface area contributed by atoms with Crippen molar-refractivity contribution in [1.29, 1.82) is 0 Å². The first-order valence-corrected chi connectivity index (χ1v) is 3.29. The number of oxazole rings is 1. The van der Waals surface area contributed by atoms with E-state index in [4.69, 9.17) is 4.42 Å². The van der Waals surface area contributed by atoms with E-state index in [2.05, 4.69) is 9.72 Å². The molecule has 0 radical (unpaired) electrons. The quantitative estimate of drug-likeness (QED) is 0.474. The monoisotopic (exact) mass is 155 g/mol. The fraction of sp³-hybridized carbons (Fsp3) is 0.429. The van der Waals surface area contributed by atoms with Crippen LogP contribution in [0.2, 0.25) is 0 Å². The van der Waals surface area contributed by atoms with Crippen LogP contribution in [0, 0.1) is 6.92 Å². The Kier molecular flexibility index (Phi) is 2.66. The highest BCUT2D eigenvalue weighted by atomic mass is 16.5. The molecule has 0 atom stereocenters. The number of hydrogen-bond acceptors (Lipinski definition) is 4. The van der Waals surface area contributed by atoms with Gasteiger partial charge in [0.2, 0.25) is 0 Å². The molecule has 0 N–H and O–H groups in total. The summed E-state index contributed by atoms with van der Waals surface area (Å²) < 4.78 is 9.42. The van der Waals surface area contributed by atoms with Gasteiger partial charge in [0.05, 0.1) is 12.3 Å². The maximum atomic E-state index is 9.73. The molecule has 0 saturated heterocycles. The molecule has 1 heterocycles. The van der Waals surface area contributed by atoms with Gasteiger partial charge in [-0.25, -0.2) is 4.98 Å². The molecule has 0 aromatic carbocycles. The Morgan fingerprint density at radius 1 is 1.82 bits per heavy atom. The van der Waals surface area contributed by atoms with Gasteiger partial charge in [0.1, 0.15) is 6.26 Å². The normalized spacial score (nSPS) is 9.55. The summed E-state index contributed by atoms with van der Waals surface area (Å²) in [6.45, 7) is 2.55. The number of ether oxygens (including phenoxy) is 1. The average Bonchev–Trinajstić information content (AvgIpc) is 2.37. The summed E-state index contributed by atoms with van der Waals surface area (Å²) in [7, 11) is 0. The number of carbonyl (C=O) groups is 1.